The highest BCUT2D eigenvalue weighted by Crippen LogP contribution is 2.55. The Morgan fingerprint density at radius 3 is 2.60 bits per heavy atom. The van der Waals surface area contributed by atoms with E-state index >= 15 is 0 Å². The Morgan fingerprint density at radius 1 is 1.25 bits per heavy atom. The van der Waals surface area contributed by atoms with Gasteiger partial charge in [-0.05, 0) is 51.9 Å². The van der Waals surface area contributed by atoms with Crippen molar-refractivity contribution >= 4 is 0 Å². The molecular weight excluding hydrogens is 250 g/mol. The van der Waals surface area contributed by atoms with Crippen LogP contribution in [0.2, 0.25) is 0 Å². The first kappa shape index (κ1) is 14.8. The number of rotatable bonds is 5. The Bertz CT molecular complexity index is 308. The molecule has 3 fully saturated rings. The monoisotopic (exact) mass is 281 g/mol. The zero-order valence-corrected chi connectivity index (χ0v) is 13.2. The van der Waals surface area contributed by atoms with Crippen LogP contribution in [-0.2, 0) is 9.47 Å². The average molecular weight is 281 g/mol. The van der Waals surface area contributed by atoms with Crippen LogP contribution in [0.5, 0.6) is 0 Å². The lowest BCUT2D eigenvalue weighted by Crippen LogP contribution is -2.64. The Labute approximate surface area is 123 Å². The molecule has 2 aliphatic carbocycles. The molecule has 2 saturated carbocycles. The Kier molecular flexibility index (Phi) is 4.68. The maximum atomic E-state index is 6.01. The van der Waals surface area contributed by atoms with Crippen molar-refractivity contribution in [2.75, 3.05) is 19.8 Å². The topological polar surface area (TPSA) is 30.5 Å². The first-order chi connectivity index (χ1) is 9.76. The second kappa shape index (κ2) is 6.33. The highest BCUT2D eigenvalue weighted by atomic mass is 16.5. The van der Waals surface area contributed by atoms with Crippen LogP contribution in [0.3, 0.4) is 0 Å². The highest BCUT2D eigenvalue weighted by Gasteiger charge is 2.56. The van der Waals surface area contributed by atoms with Crippen LogP contribution in [-0.4, -0.2) is 38.0 Å². The molecule has 0 bridgehead atoms. The van der Waals surface area contributed by atoms with Gasteiger partial charge in [0.25, 0.3) is 0 Å². The van der Waals surface area contributed by atoms with Crippen molar-refractivity contribution in [2.45, 2.75) is 77.0 Å². The van der Waals surface area contributed by atoms with Crippen LogP contribution in [0.15, 0.2) is 0 Å². The largest absolute Gasteiger partial charge is 0.381 e. The van der Waals surface area contributed by atoms with Gasteiger partial charge in [-0.2, -0.15) is 0 Å². The minimum atomic E-state index is 0.468. The van der Waals surface area contributed by atoms with E-state index < -0.39 is 0 Å². The summed E-state index contributed by atoms with van der Waals surface area (Å²) < 4.78 is 11.5. The molecule has 0 aromatic carbocycles. The van der Waals surface area contributed by atoms with Gasteiger partial charge >= 0.3 is 0 Å². The smallest absolute Gasteiger partial charge is 0.0661 e. The van der Waals surface area contributed by atoms with Gasteiger partial charge in [0.2, 0.25) is 0 Å². The summed E-state index contributed by atoms with van der Waals surface area (Å²) in [6.07, 6.45) is 9.73. The van der Waals surface area contributed by atoms with Gasteiger partial charge < -0.3 is 14.8 Å². The lowest BCUT2D eigenvalue weighted by atomic mass is 9.60. The summed E-state index contributed by atoms with van der Waals surface area (Å²) >= 11 is 0. The van der Waals surface area contributed by atoms with Crippen LogP contribution in [0.25, 0.3) is 0 Å². The summed E-state index contributed by atoms with van der Waals surface area (Å²) in [4.78, 5) is 0. The summed E-state index contributed by atoms with van der Waals surface area (Å²) in [5.74, 6) is 0.799. The minimum absolute atomic E-state index is 0.468. The van der Waals surface area contributed by atoms with Crippen molar-refractivity contribution in [3.63, 3.8) is 0 Å². The highest BCUT2D eigenvalue weighted by molar-refractivity contribution is 5.10. The third kappa shape index (κ3) is 2.65. The van der Waals surface area contributed by atoms with E-state index in [4.69, 9.17) is 9.47 Å². The molecule has 3 atom stereocenters. The van der Waals surface area contributed by atoms with Gasteiger partial charge in [0.1, 0.15) is 0 Å². The molecule has 0 aromatic heterocycles. The molecular formula is C17H31NO2. The van der Waals surface area contributed by atoms with E-state index in [0.717, 1.165) is 25.7 Å². The molecule has 116 valence electrons. The zero-order chi connectivity index (χ0) is 14.0. The molecule has 0 amide bonds. The van der Waals surface area contributed by atoms with Crippen molar-refractivity contribution in [3.8, 4) is 0 Å². The number of hydrogen-bond donors (Lipinski definition) is 1. The molecule has 1 saturated heterocycles. The molecule has 20 heavy (non-hydrogen) atoms. The summed E-state index contributed by atoms with van der Waals surface area (Å²) in [7, 11) is 0. The molecule has 1 N–H and O–H groups in total. The summed E-state index contributed by atoms with van der Waals surface area (Å²) in [6.45, 7) is 7.29. The molecule has 3 aliphatic rings. The molecule has 3 heteroatoms. The van der Waals surface area contributed by atoms with E-state index in [1.54, 1.807) is 0 Å². The lowest BCUT2D eigenvalue weighted by molar-refractivity contribution is -0.134. The third-order valence-corrected chi connectivity index (χ3v) is 6.12. The van der Waals surface area contributed by atoms with E-state index in [1.165, 1.54) is 44.9 Å². The van der Waals surface area contributed by atoms with Gasteiger partial charge in [-0.1, -0.05) is 12.8 Å². The van der Waals surface area contributed by atoms with Crippen LogP contribution in [0.4, 0.5) is 0 Å². The number of nitrogens with one attached hydrogen (secondary N) is 1. The average Bonchev–Trinajstić information content (AvgIpc) is 2.99. The van der Waals surface area contributed by atoms with E-state index in [1.807, 2.05) is 0 Å². The molecule has 0 aromatic rings. The Morgan fingerprint density at radius 2 is 1.95 bits per heavy atom. The van der Waals surface area contributed by atoms with Crippen LogP contribution in [0, 0.1) is 11.3 Å². The maximum absolute atomic E-state index is 6.01. The second-order valence-corrected chi connectivity index (χ2v) is 7.08. The van der Waals surface area contributed by atoms with E-state index in [9.17, 15) is 0 Å². The van der Waals surface area contributed by atoms with E-state index in [0.29, 0.717) is 23.6 Å². The SMILES string of the molecule is CCOC1CC(NC(C)C2CCOCC2)C12CCCC2. The van der Waals surface area contributed by atoms with E-state index in [2.05, 4.69) is 19.2 Å². The van der Waals surface area contributed by atoms with Gasteiger partial charge in [-0.25, -0.2) is 0 Å². The summed E-state index contributed by atoms with van der Waals surface area (Å²) in [5.41, 5.74) is 0.468. The normalized spacial score (nSPS) is 35.1. The van der Waals surface area contributed by atoms with Crippen LogP contribution < -0.4 is 5.32 Å². The first-order valence-corrected chi connectivity index (χ1v) is 8.71. The molecule has 3 nitrogen and oxygen atoms in total. The van der Waals surface area contributed by atoms with Gasteiger partial charge in [0.15, 0.2) is 0 Å². The van der Waals surface area contributed by atoms with Crippen molar-refractivity contribution in [3.05, 3.63) is 0 Å². The van der Waals surface area contributed by atoms with Crippen molar-refractivity contribution in [1.82, 2.24) is 5.32 Å². The fraction of sp³-hybridized carbons (Fsp3) is 1.00. The Hall–Kier alpha value is -0.120. The van der Waals surface area contributed by atoms with Gasteiger partial charge in [0, 0.05) is 37.3 Å². The fourth-order valence-corrected chi connectivity index (χ4v) is 4.79. The van der Waals surface area contributed by atoms with Crippen LogP contribution >= 0.6 is 0 Å². The number of ether oxygens (including phenoxy) is 2. The van der Waals surface area contributed by atoms with Crippen molar-refractivity contribution < 1.29 is 9.47 Å². The van der Waals surface area contributed by atoms with Gasteiger partial charge in [-0.15, -0.1) is 0 Å². The molecule has 0 radical (unpaired) electrons. The van der Waals surface area contributed by atoms with E-state index in [-0.39, 0.29) is 0 Å². The first-order valence-electron chi connectivity index (χ1n) is 8.71. The lowest BCUT2D eigenvalue weighted by Gasteiger charge is -2.55. The quantitative estimate of drug-likeness (QED) is 0.840. The minimum Gasteiger partial charge on any atom is -0.381 e. The van der Waals surface area contributed by atoms with Gasteiger partial charge in [0.05, 0.1) is 6.10 Å². The standard InChI is InChI=1S/C17H31NO2/c1-3-20-16-12-15(17(16)8-4-5-9-17)18-13(2)14-6-10-19-11-7-14/h13-16,18H,3-12H2,1-2H3. The molecule has 3 rings (SSSR count). The second-order valence-electron chi connectivity index (χ2n) is 7.08. The molecule has 1 aliphatic heterocycles. The summed E-state index contributed by atoms with van der Waals surface area (Å²) in [6, 6.07) is 1.32. The molecule has 1 spiro atoms. The summed E-state index contributed by atoms with van der Waals surface area (Å²) in [5, 5.41) is 3.97. The molecule has 3 unspecified atom stereocenters. The zero-order valence-electron chi connectivity index (χ0n) is 13.2. The Balaban J connectivity index is 1.57. The van der Waals surface area contributed by atoms with Crippen LogP contribution in [0.1, 0.15) is 58.8 Å². The van der Waals surface area contributed by atoms with Gasteiger partial charge in [-0.3, -0.25) is 0 Å². The molecule has 1 heterocycles. The maximum Gasteiger partial charge on any atom is 0.0661 e. The van der Waals surface area contributed by atoms with Crippen molar-refractivity contribution in [1.29, 1.82) is 0 Å². The third-order valence-electron chi connectivity index (χ3n) is 6.12. The fourth-order valence-electron chi connectivity index (χ4n) is 4.79. The predicted octanol–water partition coefficient (Wildman–Crippen LogP) is 3.13. The van der Waals surface area contributed by atoms with Crippen molar-refractivity contribution in [2.24, 2.45) is 11.3 Å². The predicted molar refractivity (Wildman–Crippen MR) is 80.9 cm³/mol. The number of hydrogen-bond acceptors (Lipinski definition) is 3.